The zero-order chi connectivity index (χ0) is 19.6. The van der Waals surface area contributed by atoms with E-state index in [4.69, 9.17) is 9.47 Å². The maximum absolute atomic E-state index is 11.6. The van der Waals surface area contributed by atoms with Gasteiger partial charge in [0, 0.05) is 38.7 Å². The summed E-state index contributed by atoms with van der Waals surface area (Å²) in [6.07, 6.45) is 7.72. The maximum atomic E-state index is 11.6. The van der Waals surface area contributed by atoms with Gasteiger partial charge < -0.3 is 14.8 Å². The van der Waals surface area contributed by atoms with Crippen molar-refractivity contribution in [3.05, 3.63) is 0 Å². The molecule has 0 bridgehead atoms. The van der Waals surface area contributed by atoms with Crippen molar-refractivity contribution in [3.63, 3.8) is 0 Å². The first-order chi connectivity index (χ1) is 12.5. The first kappa shape index (κ1) is 25.1. The van der Waals surface area contributed by atoms with Crippen molar-refractivity contribution in [2.75, 3.05) is 33.0 Å². The van der Waals surface area contributed by atoms with E-state index < -0.39 is 0 Å². The molecule has 0 aromatic heterocycles. The number of hydrogen-bond donors (Lipinski definition) is 1. The lowest BCUT2D eigenvalue weighted by Gasteiger charge is -2.08. The first-order valence-corrected chi connectivity index (χ1v) is 10.4. The second-order valence-corrected chi connectivity index (χ2v) is 7.51. The molecule has 1 amide bonds. The Hall–Kier alpha value is -0.940. The molecule has 0 aliphatic rings. The normalized spacial score (nSPS) is 12.3. The van der Waals surface area contributed by atoms with Crippen LogP contribution in [-0.4, -0.2) is 44.7 Å². The fourth-order valence-corrected chi connectivity index (χ4v) is 2.41. The van der Waals surface area contributed by atoms with Gasteiger partial charge in [0.15, 0.2) is 5.78 Å². The van der Waals surface area contributed by atoms with Crippen LogP contribution >= 0.6 is 0 Å². The summed E-state index contributed by atoms with van der Waals surface area (Å²) in [4.78, 5) is 23.1. The van der Waals surface area contributed by atoms with Gasteiger partial charge in [-0.3, -0.25) is 9.59 Å². The van der Waals surface area contributed by atoms with Crippen LogP contribution in [0.5, 0.6) is 0 Å². The predicted molar refractivity (Wildman–Crippen MR) is 106 cm³/mol. The second-order valence-electron chi connectivity index (χ2n) is 7.51. The summed E-state index contributed by atoms with van der Waals surface area (Å²) in [5.74, 6) is 0.890. The lowest BCUT2D eigenvalue weighted by molar-refractivity contribution is -0.127. The van der Waals surface area contributed by atoms with E-state index in [0.29, 0.717) is 18.9 Å². The zero-order valence-electron chi connectivity index (χ0n) is 17.5. The molecule has 1 N–H and O–H groups in total. The van der Waals surface area contributed by atoms with Crippen LogP contribution < -0.4 is 5.32 Å². The molecular weight excluding hydrogens is 330 g/mol. The van der Waals surface area contributed by atoms with Gasteiger partial charge in [-0.25, -0.2) is 0 Å². The fourth-order valence-electron chi connectivity index (χ4n) is 2.41. The molecule has 0 aliphatic carbocycles. The van der Waals surface area contributed by atoms with Crippen molar-refractivity contribution in [1.82, 2.24) is 5.32 Å². The minimum Gasteiger partial charge on any atom is -0.381 e. The number of hydrogen-bond acceptors (Lipinski definition) is 4. The number of carbonyl (C=O) groups excluding carboxylic acids is 2. The van der Waals surface area contributed by atoms with Crippen LogP contribution in [0.1, 0.15) is 79.1 Å². The molecule has 154 valence electrons. The van der Waals surface area contributed by atoms with E-state index in [1.165, 1.54) is 0 Å². The van der Waals surface area contributed by atoms with Gasteiger partial charge in [0.1, 0.15) is 6.61 Å². The molecule has 0 heterocycles. The van der Waals surface area contributed by atoms with E-state index in [-0.39, 0.29) is 24.2 Å². The highest BCUT2D eigenvalue weighted by molar-refractivity contribution is 5.81. The first-order valence-electron chi connectivity index (χ1n) is 10.4. The van der Waals surface area contributed by atoms with E-state index in [0.717, 1.165) is 64.7 Å². The Morgan fingerprint density at radius 1 is 0.846 bits per heavy atom. The molecule has 0 aromatic rings. The van der Waals surface area contributed by atoms with Crippen LogP contribution in [0.15, 0.2) is 0 Å². The number of ether oxygens (including phenoxy) is 2. The van der Waals surface area contributed by atoms with Gasteiger partial charge in [-0.2, -0.15) is 0 Å². The molecule has 1 unspecified atom stereocenters. The van der Waals surface area contributed by atoms with Crippen molar-refractivity contribution >= 4 is 11.7 Å². The van der Waals surface area contributed by atoms with Gasteiger partial charge in [-0.05, 0) is 50.9 Å². The summed E-state index contributed by atoms with van der Waals surface area (Å²) in [6, 6.07) is 0. The van der Waals surface area contributed by atoms with Crippen molar-refractivity contribution in [2.24, 2.45) is 11.8 Å². The topological polar surface area (TPSA) is 64.6 Å². The van der Waals surface area contributed by atoms with Crippen LogP contribution in [0.25, 0.3) is 0 Å². The molecule has 1 atom stereocenters. The number of amides is 1. The lowest BCUT2D eigenvalue weighted by Crippen LogP contribution is -2.25. The SMILES string of the molecule is CCC(C)C(=O)COCCCCCOCCCCCNC(=O)CC(C)C. The molecule has 0 saturated heterocycles. The molecule has 0 radical (unpaired) electrons. The zero-order valence-corrected chi connectivity index (χ0v) is 17.5. The molecule has 0 spiro atoms. The van der Waals surface area contributed by atoms with Crippen LogP contribution in [0.4, 0.5) is 0 Å². The molecule has 0 rings (SSSR count). The van der Waals surface area contributed by atoms with E-state index in [1.54, 1.807) is 0 Å². The van der Waals surface area contributed by atoms with Gasteiger partial charge in [-0.15, -0.1) is 0 Å². The fraction of sp³-hybridized carbons (Fsp3) is 0.905. The largest absolute Gasteiger partial charge is 0.381 e. The van der Waals surface area contributed by atoms with E-state index in [1.807, 2.05) is 13.8 Å². The Labute approximate surface area is 160 Å². The van der Waals surface area contributed by atoms with E-state index >= 15 is 0 Å². The van der Waals surface area contributed by atoms with E-state index in [2.05, 4.69) is 19.2 Å². The van der Waals surface area contributed by atoms with Crippen molar-refractivity contribution in [1.29, 1.82) is 0 Å². The van der Waals surface area contributed by atoms with Crippen LogP contribution in [0.2, 0.25) is 0 Å². The third kappa shape index (κ3) is 16.5. The Balaban J connectivity index is 3.20. The third-order valence-electron chi connectivity index (χ3n) is 4.36. The number of ketones is 1. The summed E-state index contributed by atoms with van der Waals surface area (Å²) in [7, 11) is 0. The van der Waals surface area contributed by atoms with Crippen LogP contribution in [0, 0.1) is 11.8 Å². The number of nitrogens with one attached hydrogen (secondary N) is 1. The standard InChI is InChI=1S/C21H41NO4/c1-5-19(4)20(23)17-26-15-11-7-10-14-25-13-9-6-8-12-22-21(24)16-18(2)3/h18-19H,5-17H2,1-4H3,(H,22,24). The number of Topliss-reactive ketones (excluding diaryl/α,β-unsaturated/α-hetero) is 1. The molecule has 0 aromatic carbocycles. The molecule has 0 saturated carbocycles. The second kappa shape index (κ2) is 17.5. The van der Waals surface area contributed by atoms with E-state index in [9.17, 15) is 9.59 Å². The molecule has 5 nitrogen and oxygen atoms in total. The lowest BCUT2D eigenvalue weighted by atomic mass is 10.1. The predicted octanol–water partition coefficient (Wildman–Crippen LogP) is 4.14. The molecule has 0 fully saturated rings. The minimum atomic E-state index is 0.111. The quantitative estimate of drug-likeness (QED) is 0.368. The Morgan fingerprint density at radius 2 is 1.42 bits per heavy atom. The molecular formula is C21H41NO4. The van der Waals surface area contributed by atoms with Crippen LogP contribution in [0.3, 0.4) is 0 Å². The average molecular weight is 372 g/mol. The smallest absolute Gasteiger partial charge is 0.220 e. The van der Waals surface area contributed by atoms with Crippen molar-refractivity contribution in [2.45, 2.75) is 79.1 Å². The summed E-state index contributed by atoms with van der Waals surface area (Å²) in [6.45, 7) is 11.3. The summed E-state index contributed by atoms with van der Waals surface area (Å²) in [5.41, 5.74) is 0. The Kier molecular flexibility index (Phi) is 16.8. The molecule has 26 heavy (non-hydrogen) atoms. The summed E-state index contributed by atoms with van der Waals surface area (Å²) >= 11 is 0. The molecule has 5 heteroatoms. The average Bonchev–Trinajstić information content (AvgIpc) is 2.60. The monoisotopic (exact) mass is 371 g/mol. The number of rotatable bonds is 18. The van der Waals surface area contributed by atoms with Gasteiger partial charge in [0.2, 0.25) is 5.91 Å². The summed E-state index contributed by atoms with van der Waals surface area (Å²) in [5, 5.41) is 2.95. The highest BCUT2D eigenvalue weighted by Crippen LogP contribution is 2.04. The van der Waals surface area contributed by atoms with Crippen molar-refractivity contribution in [3.8, 4) is 0 Å². The maximum Gasteiger partial charge on any atom is 0.220 e. The minimum absolute atomic E-state index is 0.111. The molecule has 0 aliphatic heterocycles. The Morgan fingerprint density at radius 3 is 2.00 bits per heavy atom. The number of carbonyl (C=O) groups is 2. The third-order valence-corrected chi connectivity index (χ3v) is 4.36. The summed E-state index contributed by atoms with van der Waals surface area (Å²) < 4.78 is 11.0. The highest BCUT2D eigenvalue weighted by atomic mass is 16.5. The van der Waals surface area contributed by atoms with Gasteiger partial charge in [-0.1, -0.05) is 27.7 Å². The van der Waals surface area contributed by atoms with Crippen molar-refractivity contribution < 1.29 is 19.1 Å². The number of unbranched alkanes of at least 4 members (excludes halogenated alkanes) is 4. The highest BCUT2D eigenvalue weighted by Gasteiger charge is 2.09. The van der Waals surface area contributed by atoms with Gasteiger partial charge in [0.25, 0.3) is 0 Å². The van der Waals surface area contributed by atoms with Gasteiger partial charge >= 0.3 is 0 Å². The Bertz CT molecular complexity index is 358. The van der Waals surface area contributed by atoms with Gasteiger partial charge in [0.05, 0.1) is 0 Å². The van der Waals surface area contributed by atoms with Crippen LogP contribution in [-0.2, 0) is 19.1 Å².